The molecule has 1 unspecified atom stereocenters. The second kappa shape index (κ2) is 7.06. The molecule has 110 valence electrons. The fourth-order valence-corrected chi connectivity index (χ4v) is 3.29. The third kappa shape index (κ3) is 3.94. The van der Waals surface area contributed by atoms with E-state index in [1.807, 2.05) is 13.0 Å². The Kier molecular flexibility index (Phi) is 5.98. The third-order valence-electron chi connectivity index (χ3n) is 2.53. The summed E-state index contributed by atoms with van der Waals surface area (Å²) >= 11 is 13.5. The lowest BCUT2D eigenvalue weighted by Gasteiger charge is -2.16. The largest absolute Gasteiger partial charge is 0.368 e. The van der Waals surface area contributed by atoms with Crippen molar-refractivity contribution in [3.63, 3.8) is 0 Å². The summed E-state index contributed by atoms with van der Waals surface area (Å²) in [5, 5.41) is 3.20. The van der Waals surface area contributed by atoms with Crippen LogP contribution in [0.3, 0.4) is 0 Å². The lowest BCUT2D eigenvalue weighted by atomic mass is 10.1. The molecule has 2 heterocycles. The van der Waals surface area contributed by atoms with Gasteiger partial charge in [0.05, 0.1) is 14.7 Å². The Morgan fingerprint density at radius 1 is 1.35 bits per heavy atom. The maximum atomic E-state index is 6.16. The standard InChI is InChI=1S/C11H13Cl2N5S.CH4/c1-3-7(6-4-8(12)19-9(6)13)17-11-16-5(2)15-10(14)18-11;/h4,7H,3H2,1-2H3,(H3,14,15,16,17,18);1H4. The molecule has 8 heteroatoms. The first-order chi connectivity index (χ1) is 8.99. The molecule has 0 spiro atoms. The van der Waals surface area contributed by atoms with Crippen LogP contribution in [-0.2, 0) is 0 Å². The maximum Gasteiger partial charge on any atom is 0.228 e. The summed E-state index contributed by atoms with van der Waals surface area (Å²) in [6, 6.07) is 1.84. The Morgan fingerprint density at radius 2 is 2.05 bits per heavy atom. The lowest BCUT2D eigenvalue weighted by molar-refractivity contribution is 0.738. The van der Waals surface area contributed by atoms with E-state index in [1.165, 1.54) is 11.3 Å². The number of hydrogen-bond acceptors (Lipinski definition) is 6. The van der Waals surface area contributed by atoms with E-state index in [9.17, 15) is 0 Å². The highest BCUT2D eigenvalue weighted by atomic mass is 35.5. The van der Waals surface area contributed by atoms with Gasteiger partial charge in [0.2, 0.25) is 11.9 Å². The van der Waals surface area contributed by atoms with Gasteiger partial charge in [-0.15, -0.1) is 11.3 Å². The number of thiophene rings is 1. The number of anilines is 2. The second-order valence-corrected chi connectivity index (χ2v) is 6.23. The van der Waals surface area contributed by atoms with Crippen molar-refractivity contribution in [1.29, 1.82) is 0 Å². The normalized spacial score (nSPS) is 11.8. The molecule has 5 nitrogen and oxygen atoms in total. The minimum atomic E-state index is -0.0163. The molecule has 0 amide bonds. The molecule has 0 aliphatic carbocycles. The van der Waals surface area contributed by atoms with Crippen LogP contribution in [0.4, 0.5) is 11.9 Å². The van der Waals surface area contributed by atoms with E-state index < -0.39 is 0 Å². The minimum absolute atomic E-state index is 0. The molecule has 20 heavy (non-hydrogen) atoms. The van der Waals surface area contributed by atoms with Crippen molar-refractivity contribution in [2.24, 2.45) is 0 Å². The average molecular weight is 334 g/mol. The number of nitrogens with one attached hydrogen (secondary N) is 1. The molecule has 2 rings (SSSR count). The van der Waals surface area contributed by atoms with Gasteiger partial charge in [-0.05, 0) is 19.4 Å². The topological polar surface area (TPSA) is 76.7 Å². The van der Waals surface area contributed by atoms with E-state index >= 15 is 0 Å². The molecule has 0 saturated heterocycles. The van der Waals surface area contributed by atoms with E-state index in [2.05, 4.69) is 20.3 Å². The summed E-state index contributed by atoms with van der Waals surface area (Å²) in [6.45, 7) is 3.80. The van der Waals surface area contributed by atoms with E-state index in [4.69, 9.17) is 28.9 Å². The summed E-state index contributed by atoms with van der Waals surface area (Å²) in [4.78, 5) is 12.2. The van der Waals surface area contributed by atoms with E-state index in [1.54, 1.807) is 6.92 Å². The van der Waals surface area contributed by atoms with Crippen LogP contribution in [0.15, 0.2) is 6.07 Å². The molecule has 0 fully saturated rings. The van der Waals surface area contributed by atoms with Crippen LogP contribution in [0.5, 0.6) is 0 Å². The first kappa shape index (κ1) is 16.9. The highest BCUT2D eigenvalue weighted by Gasteiger charge is 2.17. The van der Waals surface area contributed by atoms with Crippen LogP contribution < -0.4 is 11.1 Å². The molecular weight excluding hydrogens is 317 g/mol. The second-order valence-electron chi connectivity index (χ2n) is 3.95. The number of hydrogen-bond donors (Lipinski definition) is 2. The molecule has 2 aromatic rings. The van der Waals surface area contributed by atoms with Crippen molar-refractivity contribution in [3.8, 4) is 0 Å². The number of rotatable bonds is 4. The number of nitrogen functional groups attached to an aromatic ring is 1. The maximum absolute atomic E-state index is 6.16. The van der Waals surface area contributed by atoms with Crippen LogP contribution >= 0.6 is 34.5 Å². The summed E-state index contributed by atoms with van der Waals surface area (Å²) in [5.74, 6) is 1.20. The predicted octanol–water partition coefficient (Wildman–Crippen LogP) is 4.33. The van der Waals surface area contributed by atoms with Gasteiger partial charge in [0, 0.05) is 5.56 Å². The quantitative estimate of drug-likeness (QED) is 0.870. The van der Waals surface area contributed by atoms with Crippen molar-refractivity contribution >= 4 is 46.4 Å². The Bertz CT molecular complexity index is 567. The van der Waals surface area contributed by atoms with Crippen molar-refractivity contribution in [3.05, 3.63) is 26.1 Å². The predicted molar refractivity (Wildman–Crippen MR) is 86.7 cm³/mol. The Balaban J connectivity index is 0.00000200. The smallest absolute Gasteiger partial charge is 0.228 e. The Labute approximate surface area is 132 Å². The van der Waals surface area contributed by atoms with Crippen LogP contribution in [0, 0.1) is 6.92 Å². The van der Waals surface area contributed by atoms with Crippen LogP contribution in [0.1, 0.15) is 38.2 Å². The van der Waals surface area contributed by atoms with Gasteiger partial charge in [0.1, 0.15) is 5.82 Å². The van der Waals surface area contributed by atoms with Gasteiger partial charge in [-0.3, -0.25) is 0 Å². The highest BCUT2D eigenvalue weighted by Crippen LogP contribution is 2.37. The Hall–Kier alpha value is -1.11. The van der Waals surface area contributed by atoms with Gasteiger partial charge in [-0.25, -0.2) is 0 Å². The molecule has 1 atom stereocenters. The molecule has 0 aromatic carbocycles. The fraction of sp³-hybridized carbons (Fsp3) is 0.417. The third-order valence-corrected chi connectivity index (χ3v) is 4.05. The summed E-state index contributed by atoms with van der Waals surface area (Å²) in [6.07, 6.45) is 0.817. The van der Waals surface area contributed by atoms with Crippen LogP contribution in [-0.4, -0.2) is 15.0 Å². The highest BCUT2D eigenvalue weighted by molar-refractivity contribution is 7.20. The average Bonchev–Trinajstić information content (AvgIpc) is 2.64. The van der Waals surface area contributed by atoms with Crippen LogP contribution in [0.25, 0.3) is 0 Å². The SMILES string of the molecule is C.CCC(Nc1nc(C)nc(N)n1)c1cc(Cl)sc1Cl. The van der Waals surface area contributed by atoms with E-state index in [0.29, 0.717) is 20.4 Å². The summed E-state index contributed by atoms with van der Waals surface area (Å²) in [7, 11) is 0. The first-order valence-electron chi connectivity index (χ1n) is 5.69. The van der Waals surface area contributed by atoms with Crippen molar-refractivity contribution < 1.29 is 0 Å². The van der Waals surface area contributed by atoms with Gasteiger partial charge in [-0.1, -0.05) is 37.6 Å². The number of aryl methyl sites for hydroxylation is 1. The fourth-order valence-electron chi connectivity index (χ4n) is 1.71. The molecule has 0 saturated carbocycles. The number of nitrogens with two attached hydrogens (primary N) is 1. The zero-order valence-electron chi connectivity index (χ0n) is 10.4. The summed E-state index contributed by atoms with van der Waals surface area (Å²) < 4.78 is 1.33. The Morgan fingerprint density at radius 3 is 2.55 bits per heavy atom. The van der Waals surface area contributed by atoms with Gasteiger partial charge < -0.3 is 11.1 Å². The molecule has 0 bridgehead atoms. The van der Waals surface area contributed by atoms with Crippen molar-refractivity contribution in [2.75, 3.05) is 11.1 Å². The van der Waals surface area contributed by atoms with E-state index in [-0.39, 0.29) is 19.4 Å². The molecular formula is C12H17Cl2N5S. The van der Waals surface area contributed by atoms with Gasteiger partial charge >= 0.3 is 0 Å². The van der Waals surface area contributed by atoms with Gasteiger partial charge in [-0.2, -0.15) is 15.0 Å². The monoisotopic (exact) mass is 333 g/mol. The molecule has 2 aromatic heterocycles. The van der Waals surface area contributed by atoms with E-state index in [0.717, 1.165) is 12.0 Å². The molecule has 0 aliphatic rings. The molecule has 3 N–H and O–H groups in total. The number of halogens is 2. The van der Waals surface area contributed by atoms with Crippen molar-refractivity contribution in [2.45, 2.75) is 33.7 Å². The van der Waals surface area contributed by atoms with Gasteiger partial charge in [0.15, 0.2) is 0 Å². The van der Waals surface area contributed by atoms with Crippen LogP contribution in [0.2, 0.25) is 8.67 Å². The summed E-state index contributed by atoms with van der Waals surface area (Å²) in [5.41, 5.74) is 6.54. The zero-order valence-corrected chi connectivity index (χ0v) is 12.8. The van der Waals surface area contributed by atoms with Crippen molar-refractivity contribution in [1.82, 2.24) is 15.0 Å². The zero-order chi connectivity index (χ0) is 14.0. The van der Waals surface area contributed by atoms with Gasteiger partial charge in [0.25, 0.3) is 0 Å². The number of aromatic nitrogens is 3. The minimum Gasteiger partial charge on any atom is -0.368 e. The first-order valence-corrected chi connectivity index (χ1v) is 7.26. The molecule has 0 radical (unpaired) electrons. The molecule has 0 aliphatic heterocycles. The lowest BCUT2D eigenvalue weighted by Crippen LogP contribution is -2.13. The number of nitrogens with zero attached hydrogens (tertiary/aromatic N) is 3.